The first kappa shape index (κ1) is 26.0. The van der Waals surface area contributed by atoms with Crippen LogP contribution in [-0.4, -0.2) is 57.6 Å². The van der Waals surface area contributed by atoms with Gasteiger partial charge in [0.25, 0.3) is 0 Å². The SMILES string of the molecule is CC(C(=O)NCCOc1ccc(-c2cc3c(ncn3C)c(C#N)n2)cc1C(F)(F)F)N1CCC2(CCC2)C1. The normalized spacial score (nSPS) is 17.8. The van der Waals surface area contributed by atoms with Crippen LogP contribution in [0.15, 0.2) is 30.6 Å². The molecule has 1 aromatic carbocycles. The summed E-state index contributed by atoms with van der Waals surface area (Å²) in [5, 5.41) is 12.2. The molecule has 11 heteroatoms. The average Bonchev–Trinajstić information content (AvgIpc) is 3.50. The smallest absolute Gasteiger partial charge is 0.419 e. The van der Waals surface area contributed by atoms with E-state index in [9.17, 15) is 23.2 Å². The molecule has 1 atom stereocenters. The van der Waals surface area contributed by atoms with E-state index in [4.69, 9.17) is 4.74 Å². The number of hydrogen-bond acceptors (Lipinski definition) is 6. The van der Waals surface area contributed by atoms with Gasteiger partial charge in [-0.25, -0.2) is 9.97 Å². The fourth-order valence-corrected chi connectivity index (χ4v) is 5.42. The van der Waals surface area contributed by atoms with Gasteiger partial charge in [-0.1, -0.05) is 6.42 Å². The summed E-state index contributed by atoms with van der Waals surface area (Å²) in [6.07, 6.45) is 1.66. The van der Waals surface area contributed by atoms with Crippen molar-refractivity contribution in [3.05, 3.63) is 41.9 Å². The molecule has 1 saturated carbocycles. The molecule has 3 heterocycles. The zero-order valence-electron chi connectivity index (χ0n) is 21.3. The van der Waals surface area contributed by atoms with E-state index in [1.54, 1.807) is 17.7 Å². The number of benzene rings is 1. The first-order valence-corrected chi connectivity index (χ1v) is 12.7. The number of nitriles is 1. The number of fused-ring (bicyclic) bond motifs is 1. The third-order valence-electron chi connectivity index (χ3n) is 7.87. The number of ether oxygens (including phenoxy) is 1. The topological polar surface area (TPSA) is 96.1 Å². The number of hydrogen-bond donors (Lipinski definition) is 1. The molecule has 200 valence electrons. The Morgan fingerprint density at radius 1 is 1.29 bits per heavy atom. The van der Waals surface area contributed by atoms with Gasteiger partial charge < -0.3 is 14.6 Å². The summed E-state index contributed by atoms with van der Waals surface area (Å²) in [6.45, 7) is 3.67. The molecule has 1 amide bonds. The van der Waals surface area contributed by atoms with Crippen molar-refractivity contribution in [2.75, 3.05) is 26.2 Å². The highest BCUT2D eigenvalue weighted by Crippen LogP contribution is 2.48. The summed E-state index contributed by atoms with van der Waals surface area (Å²) in [6, 6.07) is 6.95. The van der Waals surface area contributed by atoms with Crippen LogP contribution in [0.5, 0.6) is 5.75 Å². The standard InChI is InChI=1S/C27H29F3N6O2/c1-17(36-10-8-26(15-36)6-3-7-26)25(37)32-9-11-38-23-5-4-18(12-19(23)27(28,29)30)20-13-22-24(21(14-31)34-20)33-16-35(22)2/h4-5,12-13,16-17H,3,6-11,15H2,1-2H3,(H,32,37). The van der Waals surface area contributed by atoms with E-state index in [2.05, 4.69) is 20.2 Å². The number of imidazole rings is 1. The number of amides is 1. The maximum absolute atomic E-state index is 13.9. The minimum absolute atomic E-state index is 0.0359. The largest absolute Gasteiger partial charge is 0.491 e. The molecule has 3 aromatic rings. The summed E-state index contributed by atoms with van der Waals surface area (Å²) in [5.41, 5.74) is 0.854. The van der Waals surface area contributed by atoms with Crippen LogP contribution < -0.4 is 10.1 Å². The van der Waals surface area contributed by atoms with Crippen molar-refractivity contribution in [2.24, 2.45) is 12.5 Å². The van der Waals surface area contributed by atoms with Crippen molar-refractivity contribution in [2.45, 2.75) is 44.8 Å². The van der Waals surface area contributed by atoms with Gasteiger partial charge in [0.2, 0.25) is 5.91 Å². The molecule has 2 fully saturated rings. The second-order valence-corrected chi connectivity index (χ2v) is 10.3. The number of carbonyl (C=O) groups excluding carboxylic acids is 1. The van der Waals surface area contributed by atoms with Crippen molar-refractivity contribution in [3.63, 3.8) is 0 Å². The van der Waals surface area contributed by atoms with Crippen LogP contribution >= 0.6 is 0 Å². The highest BCUT2D eigenvalue weighted by atomic mass is 19.4. The first-order valence-electron chi connectivity index (χ1n) is 12.7. The number of pyridine rings is 1. The third-order valence-corrected chi connectivity index (χ3v) is 7.87. The Bertz CT molecular complexity index is 1410. The van der Waals surface area contributed by atoms with Gasteiger partial charge in [-0.05, 0) is 62.4 Å². The summed E-state index contributed by atoms with van der Waals surface area (Å²) in [7, 11) is 1.73. The summed E-state index contributed by atoms with van der Waals surface area (Å²) in [5.74, 6) is -0.488. The Morgan fingerprint density at radius 3 is 2.74 bits per heavy atom. The number of nitrogens with zero attached hydrogens (tertiary/aromatic N) is 5. The van der Waals surface area contributed by atoms with Gasteiger partial charge in [0.15, 0.2) is 5.69 Å². The van der Waals surface area contributed by atoms with Gasteiger partial charge in [-0.2, -0.15) is 18.4 Å². The summed E-state index contributed by atoms with van der Waals surface area (Å²) < 4.78 is 48.9. The van der Waals surface area contributed by atoms with E-state index in [0.29, 0.717) is 16.4 Å². The number of nitrogens with one attached hydrogen (secondary N) is 1. The lowest BCUT2D eigenvalue weighted by molar-refractivity contribution is -0.139. The molecule has 1 saturated heterocycles. The van der Waals surface area contributed by atoms with Crippen LogP contribution in [0, 0.1) is 16.7 Å². The fourth-order valence-electron chi connectivity index (χ4n) is 5.42. The van der Waals surface area contributed by atoms with E-state index in [1.807, 2.05) is 13.0 Å². The molecular weight excluding hydrogens is 497 g/mol. The minimum atomic E-state index is -4.68. The van der Waals surface area contributed by atoms with Crippen LogP contribution in [-0.2, 0) is 18.0 Å². The molecule has 1 N–H and O–H groups in total. The number of alkyl halides is 3. The number of likely N-dealkylation sites (tertiary alicyclic amines) is 1. The maximum atomic E-state index is 13.9. The molecule has 0 bridgehead atoms. The number of aromatic nitrogens is 3. The Labute approximate surface area is 218 Å². The van der Waals surface area contributed by atoms with Crippen molar-refractivity contribution in [3.8, 4) is 23.1 Å². The Hall–Kier alpha value is -3.65. The first-order chi connectivity index (χ1) is 18.1. The molecule has 1 spiro atoms. The molecule has 1 aliphatic heterocycles. The highest BCUT2D eigenvalue weighted by molar-refractivity contribution is 5.84. The Balaban J connectivity index is 1.25. The van der Waals surface area contributed by atoms with Crippen molar-refractivity contribution in [1.29, 1.82) is 5.26 Å². The summed E-state index contributed by atoms with van der Waals surface area (Å²) >= 11 is 0. The zero-order chi connectivity index (χ0) is 27.1. The van der Waals surface area contributed by atoms with Crippen LogP contribution in [0.2, 0.25) is 0 Å². The molecule has 38 heavy (non-hydrogen) atoms. The third kappa shape index (κ3) is 4.92. The number of halogens is 3. The van der Waals surface area contributed by atoms with Crippen LogP contribution in [0.25, 0.3) is 22.3 Å². The molecule has 8 nitrogen and oxygen atoms in total. The van der Waals surface area contributed by atoms with Gasteiger partial charge in [-0.15, -0.1) is 0 Å². The van der Waals surface area contributed by atoms with E-state index >= 15 is 0 Å². The van der Waals surface area contributed by atoms with E-state index < -0.39 is 11.7 Å². The van der Waals surface area contributed by atoms with Crippen LogP contribution in [0.3, 0.4) is 0 Å². The lowest BCUT2D eigenvalue weighted by Gasteiger charge is -2.38. The second kappa shape index (κ2) is 9.91. The highest BCUT2D eigenvalue weighted by Gasteiger charge is 2.44. The van der Waals surface area contributed by atoms with Gasteiger partial charge in [0.05, 0.1) is 35.7 Å². The monoisotopic (exact) mass is 526 g/mol. The lowest BCUT2D eigenvalue weighted by atomic mass is 9.68. The number of rotatable bonds is 7. The molecule has 1 unspecified atom stereocenters. The average molecular weight is 527 g/mol. The van der Waals surface area contributed by atoms with Gasteiger partial charge in [0, 0.05) is 19.2 Å². The van der Waals surface area contributed by atoms with Crippen molar-refractivity contribution >= 4 is 16.9 Å². The lowest BCUT2D eigenvalue weighted by Crippen LogP contribution is -2.46. The van der Waals surface area contributed by atoms with E-state index in [-0.39, 0.29) is 47.8 Å². The van der Waals surface area contributed by atoms with Gasteiger partial charge in [-0.3, -0.25) is 9.69 Å². The molecule has 0 radical (unpaired) electrons. The van der Waals surface area contributed by atoms with Crippen molar-refractivity contribution < 1.29 is 22.7 Å². The Kier molecular flexibility index (Phi) is 6.77. The zero-order valence-corrected chi connectivity index (χ0v) is 21.3. The molecule has 1 aliphatic carbocycles. The molecular formula is C27H29F3N6O2. The van der Waals surface area contributed by atoms with E-state index in [1.165, 1.54) is 37.7 Å². The van der Waals surface area contributed by atoms with Gasteiger partial charge >= 0.3 is 6.18 Å². The number of aryl methyl sites for hydroxylation is 1. The number of carbonyl (C=O) groups is 1. The molecule has 2 aliphatic rings. The summed E-state index contributed by atoms with van der Waals surface area (Å²) in [4.78, 5) is 23.2. The Morgan fingerprint density at radius 2 is 2.08 bits per heavy atom. The minimum Gasteiger partial charge on any atom is -0.491 e. The quantitative estimate of drug-likeness (QED) is 0.462. The predicted molar refractivity (Wildman–Crippen MR) is 134 cm³/mol. The van der Waals surface area contributed by atoms with E-state index in [0.717, 1.165) is 25.6 Å². The fraction of sp³-hybridized carbons (Fsp3) is 0.481. The second-order valence-electron chi connectivity index (χ2n) is 10.3. The van der Waals surface area contributed by atoms with Crippen molar-refractivity contribution in [1.82, 2.24) is 24.8 Å². The molecule has 5 rings (SSSR count). The van der Waals surface area contributed by atoms with Crippen LogP contribution in [0.4, 0.5) is 13.2 Å². The maximum Gasteiger partial charge on any atom is 0.419 e. The molecule has 2 aromatic heterocycles. The van der Waals surface area contributed by atoms with Crippen LogP contribution in [0.1, 0.15) is 43.9 Å². The van der Waals surface area contributed by atoms with Gasteiger partial charge in [0.1, 0.15) is 23.9 Å². The predicted octanol–water partition coefficient (Wildman–Crippen LogP) is 4.29.